The van der Waals surface area contributed by atoms with E-state index in [1.54, 1.807) is 12.4 Å². The minimum Gasteiger partial charge on any atom is -0.393 e. The summed E-state index contributed by atoms with van der Waals surface area (Å²) in [7, 11) is 0. The van der Waals surface area contributed by atoms with Gasteiger partial charge in [-0.3, -0.25) is 9.97 Å². The fourth-order valence-electron chi connectivity index (χ4n) is 3.27. The van der Waals surface area contributed by atoms with Crippen LogP contribution in [-0.4, -0.2) is 19.9 Å². The molecule has 5 rings (SSSR count). The minimum atomic E-state index is 0.425. The van der Waals surface area contributed by atoms with Crippen molar-refractivity contribution in [2.45, 2.75) is 0 Å². The Kier molecular flexibility index (Phi) is 4.10. The van der Waals surface area contributed by atoms with Crippen LogP contribution >= 0.6 is 0 Å². The van der Waals surface area contributed by atoms with Gasteiger partial charge in [0.2, 0.25) is 0 Å². The summed E-state index contributed by atoms with van der Waals surface area (Å²) in [5.74, 6) is 1.05. The van der Waals surface area contributed by atoms with Crippen molar-refractivity contribution in [3.63, 3.8) is 0 Å². The van der Waals surface area contributed by atoms with Gasteiger partial charge >= 0.3 is 0 Å². The Hall–Kier alpha value is -4.26. The summed E-state index contributed by atoms with van der Waals surface area (Å²) in [4.78, 5) is 17.4. The van der Waals surface area contributed by atoms with E-state index in [-0.39, 0.29) is 0 Å². The van der Waals surface area contributed by atoms with Gasteiger partial charge in [0.25, 0.3) is 0 Å². The van der Waals surface area contributed by atoms with Crippen LogP contribution in [0, 0.1) is 0 Å². The zero-order valence-corrected chi connectivity index (χ0v) is 15.4. The quantitative estimate of drug-likeness (QED) is 0.418. The van der Waals surface area contributed by atoms with Crippen LogP contribution in [0.25, 0.3) is 21.8 Å². The maximum absolute atomic E-state index is 6.39. The van der Waals surface area contributed by atoms with E-state index in [1.807, 2.05) is 60.7 Å². The van der Waals surface area contributed by atoms with Gasteiger partial charge in [-0.15, -0.1) is 0 Å². The number of nitrogen functional groups attached to an aromatic ring is 1. The number of nitrogens with one attached hydrogen (secondary N) is 2. The largest absolute Gasteiger partial charge is 0.393 e. The van der Waals surface area contributed by atoms with Crippen LogP contribution in [0.3, 0.4) is 0 Å². The third-order valence-corrected chi connectivity index (χ3v) is 4.68. The molecule has 0 aliphatic rings. The second-order valence-electron chi connectivity index (χ2n) is 6.49. The summed E-state index contributed by atoms with van der Waals surface area (Å²) in [5.41, 5.74) is 10.4. The molecule has 0 atom stereocenters. The molecule has 0 unspecified atom stereocenters. The topological polar surface area (TPSA) is 102 Å². The van der Waals surface area contributed by atoms with Crippen LogP contribution in [0.2, 0.25) is 0 Å². The van der Waals surface area contributed by atoms with E-state index in [9.17, 15) is 0 Å². The van der Waals surface area contributed by atoms with Crippen molar-refractivity contribution in [3.8, 4) is 0 Å². The van der Waals surface area contributed by atoms with E-state index in [2.05, 4.69) is 30.6 Å². The highest BCUT2D eigenvalue weighted by Crippen LogP contribution is 2.32. The number of nitrogens with zero attached hydrogens (tertiary/aromatic N) is 4. The van der Waals surface area contributed by atoms with Crippen LogP contribution in [0.15, 0.2) is 79.4 Å². The number of hydrogen-bond acceptors (Lipinski definition) is 7. The number of rotatable bonds is 4. The molecule has 0 radical (unpaired) electrons. The summed E-state index contributed by atoms with van der Waals surface area (Å²) in [6.07, 6.45) is 5.02. The molecule has 0 aliphatic carbocycles. The van der Waals surface area contributed by atoms with Crippen LogP contribution in [0.1, 0.15) is 0 Å². The average Bonchev–Trinajstić information content (AvgIpc) is 2.77. The summed E-state index contributed by atoms with van der Waals surface area (Å²) >= 11 is 0. The van der Waals surface area contributed by atoms with Crippen LogP contribution in [0.4, 0.5) is 28.7 Å². The Morgan fingerprint density at radius 1 is 0.586 bits per heavy atom. The maximum Gasteiger partial charge on any atom is 0.159 e. The van der Waals surface area contributed by atoms with Gasteiger partial charge in [-0.2, -0.15) is 0 Å². The number of pyridine rings is 2. The molecular weight excluding hydrogens is 362 g/mol. The highest BCUT2D eigenvalue weighted by molar-refractivity contribution is 5.96. The molecule has 0 saturated carbocycles. The molecule has 7 heteroatoms. The summed E-state index contributed by atoms with van der Waals surface area (Å²) in [6, 6.07) is 19.6. The van der Waals surface area contributed by atoms with Crippen molar-refractivity contribution in [2.75, 3.05) is 16.4 Å². The highest BCUT2D eigenvalue weighted by atomic mass is 15.1. The Morgan fingerprint density at radius 3 is 1.62 bits per heavy atom. The Labute approximate surface area is 166 Å². The lowest BCUT2D eigenvalue weighted by molar-refractivity contribution is 1.17. The summed E-state index contributed by atoms with van der Waals surface area (Å²) in [6.45, 7) is 0. The van der Waals surface area contributed by atoms with Crippen molar-refractivity contribution in [1.82, 2.24) is 19.9 Å². The molecule has 140 valence electrons. The van der Waals surface area contributed by atoms with Crippen molar-refractivity contribution >= 4 is 50.5 Å². The van der Waals surface area contributed by atoms with Gasteiger partial charge in [0.1, 0.15) is 12.0 Å². The smallest absolute Gasteiger partial charge is 0.159 e. The van der Waals surface area contributed by atoms with Crippen LogP contribution < -0.4 is 16.4 Å². The number of aromatic nitrogens is 4. The Bertz CT molecular complexity index is 1220. The maximum atomic E-state index is 6.39. The van der Waals surface area contributed by atoms with Crippen molar-refractivity contribution < 1.29 is 0 Å². The standard InChI is InChI=1S/C22H17N7/c23-20-21(28-18-9-1-7-16-14(18)5-3-11-24-16)26-13-27-22(20)29-19-10-2-8-17-15(19)6-4-12-25-17/h1-13H,23H2,(H2,26,27,28,29). The molecule has 29 heavy (non-hydrogen) atoms. The lowest BCUT2D eigenvalue weighted by atomic mass is 10.1. The first-order valence-electron chi connectivity index (χ1n) is 9.11. The average molecular weight is 379 g/mol. The van der Waals surface area contributed by atoms with E-state index in [1.165, 1.54) is 6.33 Å². The molecule has 0 saturated heterocycles. The number of nitrogens with two attached hydrogens (primary N) is 1. The van der Waals surface area contributed by atoms with Crippen molar-refractivity contribution in [3.05, 3.63) is 79.4 Å². The molecule has 0 amide bonds. The monoisotopic (exact) mass is 379 g/mol. The predicted octanol–water partition coefficient (Wildman–Crippen LogP) is 4.64. The Balaban J connectivity index is 1.52. The van der Waals surface area contributed by atoms with E-state index in [4.69, 9.17) is 5.73 Å². The van der Waals surface area contributed by atoms with Gasteiger partial charge in [-0.05, 0) is 48.5 Å². The van der Waals surface area contributed by atoms with Crippen LogP contribution in [-0.2, 0) is 0 Å². The van der Waals surface area contributed by atoms with E-state index in [0.717, 1.165) is 33.2 Å². The normalized spacial score (nSPS) is 10.9. The van der Waals surface area contributed by atoms with Gasteiger partial charge in [-0.25, -0.2) is 9.97 Å². The van der Waals surface area contributed by atoms with Crippen molar-refractivity contribution in [1.29, 1.82) is 0 Å². The minimum absolute atomic E-state index is 0.425. The molecule has 3 heterocycles. The molecular formula is C22H17N7. The number of benzene rings is 2. The van der Waals surface area contributed by atoms with Gasteiger partial charge in [0.15, 0.2) is 11.6 Å². The lowest BCUT2D eigenvalue weighted by Crippen LogP contribution is -2.05. The zero-order chi connectivity index (χ0) is 19.6. The molecule has 0 bridgehead atoms. The molecule has 2 aromatic carbocycles. The first-order chi connectivity index (χ1) is 14.3. The van der Waals surface area contributed by atoms with Crippen molar-refractivity contribution in [2.24, 2.45) is 0 Å². The van der Waals surface area contributed by atoms with Crippen LogP contribution in [0.5, 0.6) is 0 Å². The first kappa shape index (κ1) is 16.9. The molecule has 0 aliphatic heterocycles. The Morgan fingerprint density at radius 2 is 1.10 bits per heavy atom. The fourth-order valence-corrected chi connectivity index (χ4v) is 3.27. The van der Waals surface area contributed by atoms with Gasteiger partial charge < -0.3 is 16.4 Å². The third kappa shape index (κ3) is 3.14. The van der Waals surface area contributed by atoms with Gasteiger partial charge in [-0.1, -0.05) is 12.1 Å². The molecule has 0 fully saturated rings. The summed E-state index contributed by atoms with van der Waals surface area (Å²) < 4.78 is 0. The highest BCUT2D eigenvalue weighted by Gasteiger charge is 2.11. The molecule has 0 spiro atoms. The second-order valence-corrected chi connectivity index (χ2v) is 6.49. The van der Waals surface area contributed by atoms with E-state index < -0.39 is 0 Å². The number of fused-ring (bicyclic) bond motifs is 2. The molecule has 7 nitrogen and oxygen atoms in total. The predicted molar refractivity (Wildman–Crippen MR) is 116 cm³/mol. The first-order valence-corrected chi connectivity index (χ1v) is 9.11. The van der Waals surface area contributed by atoms with E-state index in [0.29, 0.717) is 17.3 Å². The fraction of sp³-hybridized carbons (Fsp3) is 0. The van der Waals surface area contributed by atoms with Gasteiger partial charge in [0, 0.05) is 34.5 Å². The second kappa shape index (κ2) is 7.05. The number of hydrogen-bond donors (Lipinski definition) is 3. The molecule has 5 aromatic rings. The SMILES string of the molecule is Nc1c(Nc2cccc3ncccc23)ncnc1Nc1cccc2ncccc12. The zero-order valence-electron chi connectivity index (χ0n) is 15.4. The molecule has 4 N–H and O–H groups in total. The number of anilines is 5. The van der Waals surface area contributed by atoms with E-state index >= 15 is 0 Å². The summed E-state index contributed by atoms with van der Waals surface area (Å²) in [5, 5.41) is 8.60. The lowest BCUT2D eigenvalue weighted by Gasteiger charge is -2.14. The molecule has 3 aromatic heterocycles. The third-order valence-electron chi connectivity index (χ3n) is 4.68. The van der Waals surface area contributed by atoms with Gasteiger partial charge in [0.05, 0.1) is 11.0 Å².